The number of amides is 1. The van der Waals surface area contributed by atoms with Gasteiger partial charge < -0.3 is 14.5 Å². The molecule has 1 aromatic heterocycles. The van der Waals surface area contributed by atoms with Crippen LogP contribution in [0.3, 0.4) is 0 Å². The molecule has 0 aliphatic carbocycles. The summed E-state index contributed by atoms with van der Waals surface area (Å²) in [6, 6.07) is 20.1. The zero-order valence-electron chi connectivity index (χ0n) is 12.7. The average molecular weight is 307 g/mol. The molecule has 0 saturated heterocycles. The van der Waals surface area contributed by atoms with E-state index in [0.29, 0.717) is 17.1 Å². The third kappa shape index (κ3) is 3.26. The van der Waals surface area contributed by atoms with E-state index in [1.807, 2.05) is 48.5 Å². The van der Waals surface area contributed by atoms with Gasteiger partial charge in [-0.25, -0.2) is 0 Å². The number of furan rings is 1. The molecule has 1 heterocycles. The molecule has 0 aliphatic heterocycles. The van der Waals surface area contributed by atoms with Crippen LogP contribution in [0, 0.1) is 0 Å². The van der Waals surface area contributed by atoms with Crippen molar-refractivity contribution in [2.24, 2.45) is 0 Å². The van der Waals surface area contributed by atoms with E-state index in [1.54, 1.807) is 31.6 Å². The Morgan fingerprint density at radius 1 is 1.00 bits per heavy atom. The SMILES string of the molecule is COc1ccccc1C(=O)NC(c1ccccc1)c1ccco1. The van der Waals surface area contributed by atoms with E-state index in [2.05, 4.69) is 5.32 Å². The molecule has 0 fully saturated rings. The Hall–Kier alpha value is -3.01. The second-order valence-electron chi connectivity index (χ2n) is 5.03. The molecule has 4 nitrogen and oxygen atoms in total. The highest BCUT2D eigenvalue weighted by molar-refractivity contribution is 5.97. The quantitative estimate of drug-likeness (QED) is 0.780. The molecule has 0 bridgehead atoms. The molecule has 0 radical (unpaired) electrons. The summed E-state index contributed by atoms with van der Waals surface area (Å²) in [6.07, 6.45) is 1.60. The van der Waals surface area contributed by atoms with Gasteiger partial charge in [0.15, 0.2) is 0 Å². The topological polar surface area (TPSA) is 51.5 Å². The van der Waals surface area contributed by atoms with Gasteiger partial charge in [-0.3, -0.25) is 4.79 Å². The molecule has 0 spiro atoms. The predicted octanol–water partition coefficient (Wildman–Crippen LogP) is 3.81. The van der Waals surface area contributed by atoms with Crippen molar-refractivity contribution in [3.63, 3.8) is 0 Å². The van der Waals surface area contributed by atoms with Gasteiger partial charge in [0.25, 0.3) is 5.91 Å². The van der Waals surface area contributed by atoms with Gasteiger partial charge in [-0.1, -0.05) is 42.5 Å². The highest BCUT2D eigenvalue weighted by Crippen LogP contribution is 2.24. The Kier molecular flexibility index (Phi) is 4.43. The number of para-hydroxylation sites is 1. The first-order chi connectivity index (χ1) is 11.3. The van der Waals surface area contributed by atoms with Gasteiger partial charge in [0.2, 0.25) is 0 Å². The molecular weight excluding hydrogens is 290 g/mol. The minimum absolute atomic E-state index is 0.215. The van der Waals surface area contributed by atoms with E-state index in [0.717, 1.165) is 5.56 Å². The van der Waals surface area contributed by atoms with Crippen molar-refractivity contribution < 1.29 is 13.9 Å². The molecule has 23 heavy (non-hydrogen) atoms. The van der Waals surface area contributed by atoms with E-state index in [9.17, 15) is 4.79 Å². The third-order valence-corrected chi connectivity index (χ3v) is 3.59. The van der Waals surface area contributed by atoms with Crippen LogP contribution >= 0.6 is 0 Å². The summed E-state index contributed by atoms with van der Waals surface area (Å²) in [5, 5.41) is 3.01. The number of hydrogen-bond acceptors (Lipinski definition) is 3. The minimum atomic E-state index is -0.358. The van der Waals surface area contributed by atoms with Crippen molar-refractivity contribution in [2.45, 2.75) is 6.04 Å². The van der Waals surface area contributed by atoms with Gasteiger partial charge >= 0.3 is 0 Å². The molecule has 3 aromatic rings. The van der Waals surface area contributed by atoms with E-state index in [4.69, 9.17) is 9.15 Å². The zero-order chi connectivity index (χ0) is 16.1. The van der Waals surface area contributed by atoms with Crippen LogP contribution in [0.15, 0.2) is 77.4 Å². The van der Waals surface area contributed by atoms with Crippen LogP contribution in [0.1, 0.15) is 27.7 Å². The standard InChI is InChI=1S/C19H17NO3/c1-22-16-11-6-5-10-15(16)19(21)20-18(17-12-7-13-23-17)14-8-3-2-4-9-14/h2-13,18H,1H3,(H,20,21). The third-order valence-electron chi connectivity index (χ3n) is 3.59. The van der Waals surface area contributed by atoms with Crippen LogP contribution in [-0.4, -0.2) is 13.0 Å². The number of carbonyl (C=O) groups excluding carboxylic acids is 1. The second-order valence-corrected chi connectivity index (χ2v) is 5.03. The summed E-state index contributed by atoms with van der Waals surface area (Å²) in [5.41, 5.74) is 1.44. The van der Waals surface area contributed by atoms with Crippen molar-refractivity contribution >= 4 is 5.91 Å². The summed E-state index contributed by atoms with van der Waals surface area (Å²) >= 11 is 0. The maximum Gasteiger partial charge on any atom is 0.255 e. The van der Waals surface area contributed by atoms with E-state index >= 15 is 0 Å². The number of nitrogens with one attached hydrogen (secondary N) is 1. The van der Waals surface area contributed by atoms with Crippen molar-refractivity contribution in [2.75, 3.05) is 7.11 Å². The number of hydrogen-bond donors (Lipinski definition) is 1. The molecule has 3 rings (SSSR count). The molecule has 1 amide bonds. The lowest BCUT2D eigenvalue weighted by Gasteiger charge is -2.18. The highest BCUT2D eigenvalue weighted by Gasteiger charge is 2.21. The largest absolute Gasteiger partial charge is 0.496 e. The first-order valence-electron chi connectivity index (χ1n) is 7.32. The predicted molar refractivity (Wildman–Crippen MR) is 87.5 cm³/mol. The first kappa shape index (κ1) is 14.9. The van der Waals surface area contributed by atoms with E-state index in [-0.39, 0.29) is 11.9 Å². The lowest BCUT2D eigenvalue weighted by atomic mass is 10.0. The summed E-state index contributed by atoms with van der Waals surface area (Å²) < 4.78 is 10.8. The van der Waals surface area contributed by atoms with E-state index in [1.165, 1.54) is 0 Å². The number of carbonyl (C=O) groups is 1. The molecule has 1 N–H and O–H groups in total. The van der Waals surface area contributed by atoms with Crippen molar-refractivity contribution in [1.82, 2.24) is 5.32 Å². The summed E-state index contributed by atoms with van der Waals surface area (Å²) in [5.74, 6) is 1.00. The van der Waals surface area contributed by atoms with Gasteiger partial charge in [-0.2, -0.15) is 0 Å². The number of benzene rings is 2. The summed E-state index contributed by atoms with van der Waals surface area (Å²) in [6.45, 7) is 0. The number of ether oxygens (including phenoxy) is 1. The second kappa shape index (κ2) is 6.83. The number of methoxy groups -OCH3 is 1. The van der Waals surface area contributed by atoms with Gasteiger partial charge in [0, 0.05) is 0 Å². The molecule has 4 heteroatoms. The molecule has 116 valence electrons. The Morgan fingerprint density at radius 3 is 2.43 bits per heavy atom. The fraction of sp³-hybridized carbons (Fsp3) is 0.105. The Balaban J connectivity index is 1.92. The fourth-order valence-corrected chi connectivity index (χ4v) is 2.46. The molecule has 1 atom stereocenters. The van der Waals surface area contributed by atoms with Crippen LogP contribution in [0.4, 0.5) is 0 Å². The van der Waals surface area contributed by atoms with E-state index < -0.39 is 0 Å². The fourth-order valence-electron chi connectivity index (χ4n) is 2.46. The van der Waals surface area contributed by atoms with Crippen molar-refractivity contribution in [3.8, 4) is 5.75 Å². The monoisotopic (exact) mass is 307 g/mol. The van der Waals surface area contributed by atoms with Gasteiger partial charge in [0.05, 0.1) is 18.9 Å². The van der Waals surface area contributed by atoms with Crippen molar-refractivity contribution in [1.29, 1.82) is 0 Å². The van der Waals surface area contributed by atoms with Crippen LogP contribution in [0.25, 0.3) is 0 Å². The lowest BCUT2D eigenvalue weighted by molar-refractivity contribution is 0.0936. The highest BCUT2D eigenvalue weighted by atomic mass is 16.5. The van der Waals surface area contributed by atoms with Crippen LogP contribution < -0.4 is 10.1 Å². The average Bonchev–Trinajstić information content (AvgIpc) is 3.14. The van der Waals surface area contributed by atoms with Gasteiger partial charge in [-0.05, 0) is 29.8 Å². The molecule has 2 aromatic carbocycles. The minimum Gasteiger partial charge on any atom is -0.496 e. The van der Waals surface area contributed by atoms with Gasteiger partial charge in [-0.15, -0.1) is 0 Å². The lowest BCUT2D eigenvalue weighted by Crippen LogP contribution is -2.29. The van der Waals surface area contributed by atoms with Crippen LogP contribution in [0.2, 0.25) is 0 Å². The Bertz CT molecular complexity index is 766. The smallest absolute Gasteiger partial charge is 0.255 e. The summed E-state index contributed by atoms with van der Waals surface area (Å²) in [7, 11) is 1.55. The van der Waals surface area contributed by atoms with Crippen molar-refractivity contribution in [3.05, 3.63) is 89.9 Å². The van der Waals surface area contributed by atoms with Crippen LogP contribution in [0.5, 0.6) is 5.75 Å². The Labute approximate surface area is 134 Å². The zero-order valence-corrected chi connectivity index (χ0v) is 12.7. The molecular formula is C19H17NO3. The maximum atomic E-state index is 12.7. The van der Waals surface area contributed by atoms with Crippen LogP contribution in [-0.2, 0) is 0 Å². The number of rotatable bonds is 5. The first-order valence-corrected chi connectivity index (χ1v) is 7.32. The Morgan fingerprint density at radius 2 is 1.74 bits per heavy atom. The maximum absolute atomic E-state index is 12.7. The van der Waals surface area contributed by atoms with Gasteiger partial charge in [0.1, 0.15) is 17.6 Å². The summed E-state index contributed by atoms with van der Waals surface area (Å²) in [4.78, 5) is 12.7. The molecule has 0 aliphatic rings. The molecule has 0 saturated carbocycles. The normalized spacial score (nSPS) is 11.7. The molecule has 1 unspecified atom stereocenters.